The first-order valence-corrected chi connectivity index (χ1v) is 9.23. The molecule has 0 aliphatic carbocycles. The van der Waals surface area contributed by atoms with Gasteiger partial charge in [-0.25, -0.2) is 4.98 Å². The standard InChI is InChI=1S/C19H17N5O2S/c1-12(18-20-17(24-26-18)13-6-4-3-5-7-13)27-19-21-16(22-23-19)14-8-10-15(25-2)11-9-14/h3-12H,1-2H3,(H,21,22,23). The van der Waals surface area contributed by atoms with E-state index in [1.807, 2.05) is 61.5 Å². The number of thioether (sulfide) groups is 1. The molecule has 4 rings (SSSR count). The van der Waals surface area contributed by atoms with Crippen LogP contribution in [-0.4, -0.2) is 32.4 Å². The maximum Gasteiger partial charge on any atom is 0.240 e. The number of H-pyrrole nitrogens is 1. The number of nitrogens with one attached hydrogen (secondary N) is 1. The molecular weight excluding hydrogens is 362 g/mol. The summed E-state index contributed by atoms with van der Waals surface area (Å²) >= 11 is 1.45. The number of hydrogen-bond acceptors (Lipinski definition) is 7. The van der Waals surface area contributed by atoms with Gasteiger partial charge in [-0.15, -0.1) is 5.10 Å². The molecule has 0 fully saturated rings. The summed E-state index contributed by atoms with van der Waals surface area (Å²) in [4.78, 5) is 9.01. The van der Waals surface area contributed by atoms with Crippen molar-refractivity contribution in [3.05, 3.63) is 60.5 Å². The SMILES string of the molecule is COc1ccc(-c2nc(SC(C)c3nc(-c4ccccc4)no3)n[nH]2)cc1. The molecule has 0 spiro atoms. The van der Waals surface area contributed by atoms with E-state index < -0.39 is 0 Å². The molecule has 2 aromatic carbocycles. The fourth-order valence-corrected chi connectivity index (χ4v) is 3.25. The summed E-state index contributed by atoms with van der Waals surface area (Å²) in [7, 11) is 1.64. The summed E-state index contributed by atoms with van der Waals surface area (Å²) in [6, 6.07) is 17.4. The number of methoxy groups -OCH3 is 1. The Morgan fingerprint density at radius 2 is 1.78 bits per heavy atom. The Morgan fingerprint density at radius 3 is 2.52 bits per heavy atom. The van der Waals surface area contributed by atoms with E-state index >= 15 is 0 Å². The monoisotopic (exact) mass is 379 g/mol. The highest BCUT2D eigenvalue weighted by atomic mass is 32.2. The zero-order valence-corrected chi connectivity index (χ0v) is 15.6. The Bertz CT molecular complexity index is 1010. The van der Waals surface area contributed by atoms with Gasteiger partial charge in [-0.2, -0.15) is 4.98 Å². The van der Waals surface area contributed by atoms with Crippen LogP contribution in [0, 0.1) is 0 Å². The Hall–Kier alpha value is -3.13. The summed E-state index contributed by atoms with van der Waals surface area (Å²) in [6.45, 7) is 1.98. The average molecular weight is 379 g/mol. The van der Waals surface area contributed by atoms with Gasteiger partial charge < -0.3 is 9.26 Å². The second kappa shape index (κ2) is 7.63. The molecule has 2 aromatic heterocycles. The van der Waals surface area contributed by atoms with E-state index in [4.69, 9.17) is 9.26 Å². The van der Waals surface area contributed by atoms with Gasteiger partial charge in [0.05, 0.1) is 12.4 Å². The van der Waals surface area contributed by atoms with Crippen molar-refractivity contribution in [2.24, 2.45) is 0 Å². The molecule has 0 saturated heterocycles. The van der Waals surface area contributed by atoms with Crippen molar-refractivity contribution in [2.75, 3.05) is 7.11 Å². The minimum Gasteiger partial charge on any atom is -0.497 e. The summed E-state index contributed by atoms with van der Waals surface area (Å²) in [5.41, 5.74) is 1.86. The molecule has 27 heavy (non-hydrogen) atoms. The molecule has 1 unspecified atom stereocenters. The maximum atomic E-state index is 5.41. The minimum atomic E-state index is -0.0746. The number of nitrogens with zero attached hydrogens (tertiary/aromatic N) is 4. The number of ether oxygens (including phenoxy) is 1. The molecule has 1 N–H and O–H groups in total. The molecule has 4 aromatic rings. The molecule has 2 heterocycles. The second-order valence-electron chi connectivity index (χ2n) is 5.78. The number of aromatic amines is 1. The molecule has 0 aliphatic heterocycles. The van der Waals surface area contributed by atoms with Crippen molar-refractivity contribution in [1.82, 2.24) is 25.3 Å². The van der Waals surface area contributed by atoms with E-state index in [1.165, 1.54) is 11.8 Å². The minimum absolute atomic E-state index is 0.0746. The first kappa shape index (κ1) is 17.3. The van der Waals surface area contributed by atoms with Gasteiger partial charge in [-0.3, -0.25) is 5.10 Å². The first-order chi connectivity index (χ1) is 13.2. The number of aromatic nitrogens is 5. The van der Waals surface area contributed by atoms with Crippen LogP contribution in [0.2, 0.25) is 0 Å². The average Bonchev–Trinajstić information content (AvgIpc) is 3.39. The molecule has 0 aliphatic rings. The van der Waals surface area contributed by atoms with Crippen molar-refractivity contribution >= 4 is 11.8 Å². The van der Waals surface area contributed by atoms with Gasteiger partial charge in [0.2, 0.25) is 16.9 Å². The Balaban J connectivity index is 1.46. The van der Waals surface area contributed by atoms with Crippen LogP contribution in [0.25, 0.3) is 22.8 Å². The van der Waals surface area contributed by atoms with Gasteiger partial charge in [-0.05, 0) is 31.2 Å². The van der Waals surface area contributed by atoms with Gasteiger partial charge in [-0.1, -0.05) is 47.3 Å². The highest BCUT2D eigenvalue weighted by Gasteiger charge is 2.19. The van der Waals surface area contributed by atoms with Crippen molar-refractivity contribution in [2.45, 2.75) is 17.3 Å². The zero-order chi connectivity index (χ0) is 18.6. The molecule has 0 bridgehead atoms. The number of benzene rings is 2. The van der Waals surface area contributed by atoms with Crippen molar-refractivity contribution in [3.8, 4) is 28.5 Å². The third-order valence-corrected chi connectivity index (χ3v) is 4.88. The predicted octanol–water partition coefficient (Wildman–Crippen LogP) is 4.38. The smallest absolute Gasteiger partial charge is 0.240 e. The van der Waals surface area contributed by atoms with E-state index in [-0.39, 0.29) is 5.25 Å². The van der Waals surface area contributed by atoms with Crippen molar-refractivity contribution < 1.29 is 9.26 Å². The van der Waals surface area contributed by atoms with Crippen LogP contribution in [0.3, 0.4) is 0 Å². The molecule has 0 amide bonds. The summed E-state index contributed by atoms with van der Waals surface area (Å²) in [5, 5.41) is 11.8. The quantitative estimate of drug-likeness (QED) is 0.497. The normalized spacial score (nSPS) is 12.1. The number of hydrogen-bond donors (Lipinski definition) is 1. The van der Waals surface area contributed by atoms with Gasteiger partial charge in [0.1, 0.15) is 5.75 Å². The van der Waals surface area contributed by atoms with Crippen LogP contribution < -0.4 is 4.74 Å². The summed E-state index contributed by atoms with van der Waals surface area (Å²) in [5.74, 6) is 2.61. The van der Waals surface area contributed by atoms with Crippen molar-refractivity contribution in [1.29, 1.82) is 0 Å². The Kier molecular flexibility index (Phi) is 4.88. The molecule has 0 radical (unpaired) electrons. The van der Waals surface area contributed by atoms with Gasteiger partial charge in [0.15, 0.2) is 5.82 Å². The summed E-state index contributed by atoms with van der Waals surface area (Å²) in [6.07, 6.45) is 0. The Labute approximate surface area is 160 Å². The summed E-state index contributed by atoms with van der Waals surface area (Å²) < 4.78 is 10.6. The first-order valence-electron chi connectivity index (χ1n) is 8.35. The second-order valence-corrected chi connectivity index (χ2v) is 7.09. The highest BCUT2D eigenvalue weighted by molar-refractivity contribution is 7.99. The predicted molar refractivity (Wildman–Crippen MR) is 102 cm³/mol. The lowest BCUT2D eigenvalue weighted by atomic mass is 10.2. The van der Waals surface area contributed by atoms with E-state index in [0.29, 0.717) is 22.7 Å². The molecule has 1 atom stereocenters. The molecule has 7 nitrogen and oxygen atoms in total. The third kappa shape index (κ3) is 3.85. The molecule has 136 valence electrons. The van der Waals surface area contributed by atoms with E-state index in [1.54, 1.807) is 7.11 Å². The fraction of sp³-hybridized carbons (Fsp3) is 0.158. The molecular formula is C19H17N5O2S. The fourth-order valence-electron chi connectivity index (χ4n) is 2.49. The van der Waals surface area contributed by atoms with Gasteiger partial charge in [0, 0.05) is 11.1 Å². The van der Waals surface area contributed by atoms with E-state index in [0.717, 1.165) is 16.9 Å². The largest absolute Gasteiger partial charge is 0.497 e. The zero-order valence-electron chi connectivity index (χ0n) is 14.8. The highest BCUT2D eigenvalue weighted by Crippen LogP contribution is 2.33. The lowest BCUT2D eigenvalue weighted by Gasteiger charge is -2.01. The van der Waals surface area contributed by atoms with Crippen LogP contribution in [-0.2, 0) is 0 Å². The van der Waals surface area contributed by atoms with Crippen LogP contribution in [0.15, 0.2) is 64.3 Å². The molecule has 8 heteroatoms. The third-order valence-electron chi connectivity index (χ3n) is 3.93. The van der Waals surface area contributed by atoms with Gasteiger partial charge in [0.25, 0.3) is 0 Å². The lowest BCUT2D eigenvalue weighted by Crippen LogP contribution is -1.90. The Morgan fingerprint density at radius 1 is 1.00 bits per heavy atom. The van der Waals surface area contributed by atoms with Crippen LogP contribution >= 0.6 is 11.8 Å². The topological polar surface area (TPSA) is 89.7 Å². The number of rotatable bonds is 6. The van der Waals surface area contributed by atoms with Crippen molar-refractivity contribution in [3.63, 3.8) is 0 Å². The lowest BCUT2D eigenvalue weighted by molar-refractivity contribution is 0.380. The van der Waals surface area contributed by atoms with E-state index in [2.05, 4.69) is 25.3 Å². The molecule has 0 saturated carbocycles. The van der Waals surface area contributed by atoms with Crippen LogP contribution in [0.1, 0.15) is 18.1 Å². The van der Waals surface area contributed by atoms with E-state index in [9.17, 15) is 0 Å². The van der Waals surface area contributed by atoms with Crippen LogP contribution in [0.4, 0.5) is 0 Å². The van der Waals surface area contributed by atoms with Crippen LogP contribution in [0.5, 0.6) is 5.75 Å². The maximum absolute atomic E-state index is 5.41. The van der Waals surface area contributed by atoms with Gasteiger partial charge >= 0.3 is 0 Å².